The Morgan fingerprint density at radius 1 is 1.60 bits per heavy atom. The van der Waals surface area contributed by atoms with Crippen LogP contribution in [0.2, 0.25) is 0 Å². The third kappa shape index (κ3) is 5.13. The van der Waals surface area contributed by atoms with Gasteiger partial charge in [-0.2, -0.15) is 0 Å². The van der Waals surface area contributed by atoms with E-state index in [0.717, 1.165) is 0 Å². The maximum Gasteiger partial charge on any atom is 0.106 e. The lowest BCUT2D eigenvalue weighted by Crippen LogP contribution is -1.31. The summed E-state index contributed by atoms with van der Waals surface area (Å²) in [5.41, 5.74) is 0. The monoisotopic (exact) mass is 298 g/mol. The van der Waals surface area contributed by atoms with Crippen molar-refractivity contribution in [1.29, 1.82) is 0 Å². The molecule has 0 aromatic carbocycles. The molecule has 30 valence electrons. The third-order valence-corrected chi connectivity index (χ3v) is 0.553. The summed E-state index contributed by atoms with van der Waals surface area (Å²) in [6, 6.07) is 0. The molecule has 0 unspecified atom stereocenters. The highest BCUT2D eigenvalue weighted by atomic mass is 127. The molecule has 0 heterocycles. The summed E-state index contributed by atoms with van der Waals surface area (Å²) in [5.74, 6) is 0. The molecule has 0 spiro atoms. The van der Waals surface area contributed by atoms with Gasteiger partial charge in [0, 0.05) is 0 Å². The van der Waals surface area contributed by atoms with Gasteiger partial charge in [0.15, 0.2) is 0 Å². The Balaban J connectivity index is 3.14. The van der Waals surface area contributed by atoms with Gasteiger partial charge in [0.2, 0.25) is 0 Å². The Hall–Kier alpha value is 1.13. The van der Waals surface area contributed by atoms with Crippen LogP contribution in [0.1, 0.15) is 0 Å². The average molecular weight is 298 g/mol. The van der Waals surface area contributed by atoms with Gasteiger partial charge in [0.25, 0.3) is 0 Å². The molecule has 0 amide bonds. The van der Waals surface area contributed by atoms with E-state index in [2.05, 4.69) is 0 Å². The van der Waals surface area contributed by atoms with E-state index in [-0.39, 0.29) is 0 Å². The minimum atomic E-state index is 0.557. The summed E-state index contributed by atoms with van der Waals surface area (Å²) in [7, 11) is 0. The van der Waals surface area contributed by atoms with E-state index in [4.69, 9.17) is 0 Å². The van der Waals surface area contributed by atoms with Crippen LogP contribution < -0.4 is 0 Å². The molecule has 0 aromatic heterocycles. The molecular formula is C2HFI2. The molecule has 5 heavy (non-hydrogen) atoms. The summed E-state index contributed by atoms with van der Waals surface area (Å²) in [4.78, 5) is 0. The third-order valence-electron chi connectivity index (χ3n) is 0.0825. The molecule has 0 saturated carbocycles. The van der Waals surface area contributed by atoms with Crippen molar-refractivity contribution in [3.8, 4) is 0 Å². The van der Waals surface area contributed by atoms with Gasteiger partial charge >= 0.3 is 0 Å². The molecule has 0 radical (unpaired) electrons. The van der Waals surface area contributed by atoms with Crippen molar-refractivity contribution in [2.24, 2.45) is 0 Å². The summed E-state index contributed by atoms with van der Waals surface area (Å²) in [6.07, 6.45) is 0.557. The Bertz CT molecular complexity index is 45.6. The van der Waals surface area contributed by atoms with Crippen LogP contribution >= 0.6 is 45.2 Å². The summed E-state index contributed by atoms with van der Waals surface area (Å²) in [6.45, 7) is 0. The van der Waals surface area contributed by atoms with Gasteiger partial charge < -0.3 is 0 Å². The molecule has 0 aromatic rings. The van der Waals surface area contributed by atoms with Crippen molar-refractivity contribution in [3.63, 3.8) is 0 Å². The number of hydrogen-bond donors (Lipinski definition) is 0. The molecular weight excluding hydrogens is 297 g/mol. The van der Waals surface area contributed by atoms with Crippen LogP contribution in [0.3, 0.4) is 0 Å². The van der Waals surface area contributed by atoms with E-state index in [9.17, 15) is 4.39 Å². The molecule has 0 aliphatic heterocycles. The Morgan fingerprint density at radius 2 is 1.80 bits per heavy atom. The molecule has 0 saturated heterocycles. The van der Waals surface area contributed by atoms with Crippen LogP contribution in [0.5, 0.6) is 0 Å². The fraction of sp³-hybridized carbons (Fsp3) is 0. The van der Waals surface area contributed by atoms with Gasteiger partial charge in [-0.3, -0.25) is 0 Å². The molecule has 0 aliphatic rings. The zero-order valence-electron chi connectivity index (χ0n) is 2.21. The first-order chi connectivity index (χ1) is 2.27. The summed E-state index contributed by atoms with van der Waals surface area (Å²) < 4.78 is 11.6. The standard InChI is InChI=1S/C2HFI2/c3-1-2(4)5/h1H. The minimum Gasteiger partial charge on any atom is -0.214 e. The van der Waals surface area contributed by atoms with Crippen LogP contribution in [0.4, 0.5) is 4.39 Å². The van der Waals surface area contributed by atoms with E-state index >= 15 is 0 Å². The summed E-state index contributed by atoms with van der Waals surface area (Å²) >= 11 is 3.76. The topological polar surface area (TPSA) is 0 Å². The Kier molecular flexibility index (Phi) is 4.08. The zero-order chi connectivity index (χ0) is 4.28. The van der Waals surface area contributed by atoms with Crippen LogP contribution in [0.25, 0.3) is 0 Å². The first-order valence-electron chi connectivity index (χ1n) is 0.885. The fourth-order valence-electron chi connectivity index (χ4n) is 0. The lowest BCUT2D eigenvalue weighted by Gasteiger charge is -1.64. The van der Waals surface area contributed by atoms with Crippen molar-refractivity contribution in [1.82, 2.24) is 0 Å². The predicted molar refractivity (Wildman–Crippen MR) is 37.2 cm³/mol. The highest BCUT2D eigenvalue weighted by molar-refractivity contribution is 14.2. The smallest absolute Gasteiger partial charge is 0.106 e. The molecule has 0 aliphatic carbocycles. The number of rotatable bonds is 0. The fourth-order valence-corrected chi connectivity index (χ4v) is 0. The van der Waals surface area contributed by atoms with E-state index in [1.165, 1.54) is 0 Å². The molecule has 0 rings (SSSR count). The normalized spacial score (nSPS) is 7.00. The van der Waals surface area contributed by atoms with Crippen molar-refractivity contribution in [2.45, 2.75) is 0 Å². The van der Waals surface area contributed by atoms with Crippen LogP contribution in [-0.2, 0) is 0 Å². The van der Waals surface area contributed by atoms with Crippen LogP contribution in [-0.4, -0.2) is 0 Å². The average Bonchev–Trinajstić information content (AvgIpc) is 1.38. The molecule has 0 N–H and O–H groups in total. The molecule has 0 atom stereocenters. The lowest BCUT2D eigenvalue weighted by atomic mass is 11.2. The maximum atomic E-state index is 10.9. The Labute approximate surface area is 57.1 Å². The predicted octanol–water partition coefficient (Wildman–Crippen LogP) is 2.62. The second-order valence-corrected chi connectivity index (χ2v) is 4.79. The van der Waals surface area contributed by atoms with Gasteiger partial charge in [-0.1, -0.05) is 0 Å². The first-order valence-corrected chi connectivity index (χ1v) is 3.04. The first kappa shape index (κ1) is 6.13. The maximum absolute atomic E-state index is 10.9. The van der Waals surface area contributed by atoms with Crippen LogP contribution in [0.15, 0.2) is 7.92 Å². The SMILES string of the molecule is FC=C(I)I. The van der Waals surface area contributed by atoms with Crippen LogP contribution in [0, 0.1) is 0 Å². The number of halogens is 3. The van der Waals surface area contributed by atoms with E-state index in [0.29, 0.717) is 7.92 Å². The van der Waals surface area contributed by atoms with Gasteiger partial charge in [-0.25, -0.2) is 4.39 Å². The molecule has 0 fully saturated rings. The quantitative estimate of drug-likeness (QED) is 0.603. The van der Waals surface area contributed by atoms with E-state index < -0.39 is 0 Å². The lowest BCUT2D eigenvalue weighted by molar-refractivity contribution is 0.724. The van der Waals surface area contributed by atoms with Crippen molar-refractivity contribution in [2.75, 3.05) is 0 Å². The summed E-state index contributed by atoms with van der Waals surface area (Å²) in [5, 5.41) is 0. The molecule has 3 heteroatoms. The molecule has 0 nitrogen and oxygen atoms in total. The highest BCUT2D eigenvalue weighted by Crippen LogP contribution is 2.13. The van der Waals surface area contributed by atoms with Gasteiger partial charge in [0.05, 0.1) is 1.59 Å². The number of hydrogen-bond acceptors (Lipinski definition) is 0. The Morgan fingerprint density at radius 3 is 1.80 bits per heavy atom. The zero-order valence-corrected chi connectivity index (χ0v) is 6.53. The molecule has 0 bridgehead atoms. The van der Waals surface area contributed by atoms with Crippen molar-refractivity contribution < 1.29 is 4.39 Å². The van der Waals surface area contributed by atoms with Crippen molar-refractivity contribution >= 4 is 45.2 Å². The van der Waals surface area contributed by atoms with Gasteiger partial charge in [-0.15, -0.1) is 0 Å². The largest absolute Gasteiger partial charge is 0.214 e. The van der Waals surface area contributed by atoms with E-state index in [1.807, 2.05) is 45.2 Å². The second kappa shape index (κ2) is 3.32. The van der Waals surface area contributed by atoms with E-state index in [1.54, 1.807) is 0 Å². The van der Waals surface area contributed by atoms with Gasteiger partial charge in [0.1, 0.15) is 6.33 Å². The van der Waals surface area contributed by atoms with Crippen molar-refractivity contribution in [3.05, 3.63) is 7.92 Å². The highest BCUT2D eigenvalue weighted by Gasteiger charge is 1.70. The minimum absolute atomic E-state index is 0.557. The second-order valence-electron chi connectivity index (χ2n) is 0.399. The van der Waals surface area contributed by atoms with Gasteiger partial charge in [-0.05, 0) is 45.2 Å².